The highest BCUT2D eigenvalue weighted by Crippen LogP contribution is 2.24. The molecule has 3 N–H and O–H groups in total. The van der Waals surface area contributed by atoms with Gasteiger partial charge < -0.3 is 10.6 Å². The lowest BCUT2D eigenvalue weighted by Gasteiger charge is -2.37. The van der Waals surface area contributed by atoms with Crippen molar-refractivity contribution in [2.45, 2.75) is 13.1 Å². The van der Waals surface area contributed by atoms with Crippen LogP contribution in [0.3, 0.4) is 0 Å². The molecule has 1 saturated heterocycles. The molecule has 1 aliphatic rings. The Morgan fingerprint density at radius 3 is 2.38 bits per heavy atom. The summed E-state index contributed by atoms with van der Waals surface area (Å²) in [6, 6.07) is 5.63. The molecule has 1 fully saturated rings. The zero-order valence-electron chi connectivity index (χ0n) is 11.9. The average molecular weight is 300 g/mol. The molecule has 0 aliphatic carbocycles. The fourth-order valence-corrected chi connectivity index (χ4v) is 2.54. The number of nitrogens with two attached hydrogens (primary N) is 1. The third-order valence-electron chi connectivity index (χ3n) is 3.56. The first-order valence-corrected chi connectivity index (χ1v) is 6.75. The Balaban J connectivity index is 2.07. The van der Waals surface area contributed by atoms with E-state index in [1.165, 1.54) is 4.90 Å². The molecule has 0 amide bonds. The molecule has 1 heterocycles. The summed E-state index contributed by atoms with van der Waals surface area (Å²) in [5.74, 6) is -0.0218. The van der Waals surface area contributed by atoms with Crippen LogP contribution in [0.2, 0.25) is 0 Å². The van der Waals surface area contributed by atoms with Gasteiger partial charge in [-0.05, 0) is 19.1 Å². The average Bonchev–Trinajstić information content (AvgIpc) is 2.38. The van der Waals surface area contributed by atoms with Gasteiger partial charge in [0.05, 0.1) is 6.54 Å². The molecule has 21 heavy (non-hydrogen) atoms. The number of nitrogens with one attached hydrogen (secondary N) is 1. The molecule has 0 saturated carbocycles. The Kier molecular flexibility index (Phi) is 4.41. The molecule has 0 radical (unpaired) electrons. The first-order chi connectivity index (χ1) is 9.76. The monoisotopic (exact) mass is 300 g/mol. The minimum Gasteiger partial charge on any atom is -0.384 e. The van der Waals surface area contributed by atoms with Gasteiger partial charge in [0.15, 0.2) is 0 Å². The maximum absolute atomic E-state index is 12.4. The highest BCUT2D eigenvalue weighted by molar-refractivity contribution is 6.00. The van der Waals surface area contributed by atoms with Crippen molar-refractivity contribution in [3.05, 3.63) is 29.3 Å². The minimum absolute atomic E-state index is 0.0218. The van der Waals surface area contributed by atoms with Gasteiger partial charge in [-0.15, -0.1) is 0 Å². The van der Waals surface area contributed by atoms with Gasteiger partial charge in [0, 0.05) is 37.4 Å². The standard InChI is InChI=1S/C14H19F3N4/c1-10-2-3-12(11(8-10)13(18)19)21-6-4-20(5-7-21)9-14(15,16)17/h2-3,8H,4-7,9H2,1H3,(H3,18,19). The van der Waals surface area contributed by atoms with Crippen molar-refractivity contribution in [1.82, 2.24) is 4.90 Å². The number of benzene rings is 1. The summed E-state index contributed by atoms with van der Waals surface area (Å²) < 4.78 is 37.1. The van der Waals surface area contributed by atoms with Crippen molar-refractivity contribution in [3.63, 3.8) is 0 Å². The second kappa shape index (κ2) is 5.93. The summed E-state index contributed by atoms with van der Waals surface area (Å²) in [5, 5.41) is 7.64. The molecule has 0 atom stereocenters. The Bertz CT molecular complexity index is 519. The van der Waals surface area contributed by atoms with E-state index in [0.29, 0.717) is 31.7 Å². The number of piperazine rings is 1. The van der Waals surface area contributed by atoms with Crippen LogP contribution in [0.25, 0.3) is 0 Å². The highest BCUT2D eigenvalue weighted by Gasteiger charge is 2.32. The van der Waals surface area contributed by atoms with Crippen molar-refractivity contribution in [1.29, 1.82) is 5.41 Å². The van der Waals surface area contributed by atoms with Crippen molar-refractivity contribution in [2.75, 3.05) is 37.6 Å². The first kappa shape index (κ1) is 15.6. The Hall–Kier alpha value is -1.76. The zero-order valence-corrected chi connectivity index (χ0v) is 11.9. The summed E-state index contributed by atoms with van der Waals surface area (Å²) in [6.45, 7) is 2.75. The van der Waals surface area contributed by atoms with Gasteiger partial charge >= 0.3 is 6.18 Å². The van der Waals surface area contributed by atoms with Crippen LogP contribution in [0, 0.1) is 12.3 Å². The number of aryl methyl sites for hydroxylation is 1. The molecule has 1 aliphatic heterocycles. The van der Waals surface area contributed by atoms with Crippen LogP contribution < -0.4 is 10.6 Å². The van der Waals surface area contributed by atoms with Crippen LogP contribution >= 0.6 is 0 Å². The van der Waals surface area contributed by atoms with Crippen LogP contribution in [0.1, 0.15) is 11.1 Å². The number of halogens is 3. The van der Waals surface area contributed by atoms with Gasteiger partial charge in [-0.25, -0.2) is 0 Å². The van der Waals surface area contributed by atoms with E-state index in [2.05, 4.69) is 0 Å². The third-order valence-corrected chi connectivity index (χ3v) is 3.56. The smallest absolute Gasteiger partial charge is 0.384 e. The molecule has 7 heteroatoms. The maximum Gasteiger partial charge on any atom is 0.401 e. The van der Waals surface area contributed by atoms with Crippen molar-refractivity contribution < 1.29 is 13.2 Å². The van der Waals surface area contributed by atoms with E-state index in [4.69, 9.17) is 11.1 Å². The predicted octanol–water partition coefficient (Wildman–Crippen LogP) is 1.96. The number of hydrogen-bond acceptors (Lipinski definition) is 3. The van der Waals surface area contributed by atoms with Crippen molar-refractivity contribution in [2.24, 2.45) is 5.73 Å². The molecular weight excluding hydrogens is 281 g/mol. The van der Waals surface area contributed by atoms with Crippen LogP contribution in [0.5, 0.6) is 0 Å². The number of anilines is 1. The van der Waals surface area contributed by atoms with Gasteiger partial charge in [0.2, 0.25) is 0 Å². The Labute approximate surface area is 121 Å². The lowest BCUT2D eigenvalue weighted by atomic mass is 10.1. The SMILES string of the molecule is Cc1ccc(N2CCN(CC(F)(F)F)CC2)c(C(=N)N)c1. The van der Waals surface area contributed by atoms with Gasteiger partial charge in [0.1, 0.15) is 5.84 Å². The molecule has 0 aromatic heterocycles. The van der Waals surface area contributed by atoms with Crippen molar-refractivity contribution in [3.8, 4) is 0 Å². The highest BCUT2D eigenvalue weighted by atomic mass is 19.4. The van der Waals surface area contributed by atoms with E-state index < -0.39 is 12.7 Å². The fraction of sp³-hybridized carbons (Fsp3) is 0.500. The van der Waals surface area contributed by atoms with Gasteiger partial charge in [-0.3, -0.25) is 10.3 Å². The third kappa shape index (κ3) is 4.10. The van der Waals surface area contributed by atoms with E-state index in [9.17, 15) is 13.2 Å². The number of rotatable bonds is 3. The topological polar surface area (TPSA) is 56.4 Å². The zero-order chi connectivity index (χ0) is 15.6. The molecule has 1 aromatic carbocycles. The predicted molar refractivity (Wildman–Crippen MR) is 76.9 cm³/mol. The van der Waals surface area contributed by atoms with Gasteiger partial charge in [-0.2, -0.15) is 13.2 Å². The molecule has 0 spiro atoms. The lowest BCUT2D eigenvalue weighted by molar-refractivity contribution is -0.146. The largest absolute Gasteiger partial charge is 0.401 e. The number of hydrogen-bond donors (Lipinski definition) is 2. The summed E-state index contributed by atoms with van der Waals surface area (Å²) in [6.07, 6.45) is -4.16. The second-order valence-electron chi connectivity index (χ2n) is 5.31. The number of nitrogens with zero attached hydrogens (tertiary/aromatic N) is 2. The fourth-order valence-electron chi connectivity index (χ4n) is 2.54. The molecule has 0 unspecified atom stereocenters. The molecule has 1 aromatic rings. The molecule has 0 bridgehead atoms. The van der Waals surface area contributed by atoms with E-state index in [0.717, 1.165) is 11.3 Å². The number of nitrogen functional groups attached to an aromatic ring is 1. The second-order valence-corrected chi connectivity index (χ2v) is 5.31. The molecule has 2 rings (SSSR count). The molecule has 116 valence electrons. The van der Waals surface area contributed by atoms with Crippen molar-refractivity contribution >= 4 is 11.5 Å². The first-order valence-electron chi connectivity index (χ1n) is 6.75. The Morgan fingerprint density at radius 1 is 1.24 bits per heavy atom. The van der Waals surface area contributed by atoms with Crippen LogP contribution in [-0.2, 0) is 0 Å². The summed E-state index contributed by atoms with van der Waals surface area (Å²) in [5.41, 5.74) is 8.06. The van der Waals surface area contributed by atoms with Crippen LogP contribution in [0.4, 0.5) is 18.9 Å². The van der Waals surface area contributed by atoms with Gasteiger partial charge in [-0.1, -0.05) is 11.6 Å². The maximum atomic E-state index is 12.4. The molecule has 4 nitrogen and oxygen atoms in total. The quantitative estimate of drug-likeness (QED) is 0.663. The van der Waals surface area contributed by atoms with Gasteiger partial charge in [0.25, 0.3) is 0 Å². The number of alkyl halides is 3. The molecular formula is C14H19F3N4. The Morgan fingerprint density at radius 2 is 1.86 bits per heavy atom. The van der Waals surface area contributed by atoms with E-state index >= 15 is 0 Å². The minimum atomic E-state index is -4.16. The normalized spacial score (nSPS) is 17.0. The van der Waals surface area contributed by atoms with Crippen LogP contribution in [0.15, 0.2) is 18.2 Å². The van der Waals surface area contributed by atoms with E-state index in [1.807, 2.05) is 30.0 Å². The van der Waals surface area contributed by atoms with E-state index in [1.54, 1.807) is 0 Å². The number of amidine groups is 1. The summed E-state index contributed by atoms with van der Waals surface area (Å²) in [7, 11) is 0. The summed E-state index contributed by atoms with van der Waals surface area (Å²) >= 11 is 0. The van der Waals surface area contributed by atoms with E-state index in [-0.39, 0.29) is 5.84 Å². The summed E-state index contributed by atoms with van der Waals surface area (Å²) in [4.78, 5) is 3.39. The lowest BCUT2D eigenvalue weighted by Crippen LogP contribution is -2.49. The van der Waals surface area contributed by atoms with Crippen LogP contribution in [-0.4, -0.2) is 49.6 Å².